The number of nitrogens with zero attached hydrogens (tertiary/aromatic N) is 2. The highest BCUT2D eigenvalue weighted by atomic mass is 35.5. The number of carboxylic acids is 1. The van der Waals surface area contributed by atoms with Gasteiger partial charge < -0.3 is 19.7 Å². The van der Waals surface area contributed by atoms with Crippen molar-refractivity contribution >= 4 is 80.6 Å². The van der Waals surface area contributed by atoms with Crippen LogP contribution in [0.15, 0.2) is 60.7 Å². The number of aromatic nitrogens is 2. The highest BCUT2D eigenvalue weighted by molar-refractivity contribution is 6.34. The zero-order valence-corrected chi connectivity index (χ0v) is 29.7. The molecule has 2 aromatic heterocycles. The molecule has 0 unspecified atom stereocenters. The van der Waals surface area contributed by atoms with E-state index in [4.69, 9.17) is 55.9 Å². The summed E-state index contributed by atoms with van der Waals surface area (Å²) in [5.74, 6) is -0.762. The van der Waals surface area contributed by atoms with E-state index >= 15 is 0 Å². The van der Waals surface area contributed by atoms with Crippen LogP contribution in [0.4, 0.5) is 0 Å². The van der Waals surface area contributed by atoms with Crippen LogP contribution in [-0.4, -0.2) is 45.8 Å². The van der Waals surface area contributed by atoms with Crippen molar-refractivity contribution in [1.82, 2.24) is 9.97 Å². The normalized spacial score (nSPS) is 14.1. The second kappa shape index (κ2) is 16.1. The van der Waals surface area contributed by atoms with Crippen LogP contribution >= 0.6 is 46.4 Å². The summed E-state index contributed by atoms with van der Waals surface area (Å²) < 4.78 is 10.6. The zero-order chi connectivity index (χ0) is 35.2. The Morgan fingerprint density at radius 3 is 1.80 bits per heavy atom. The van der Waals surface area contributed by atoms with Crippen LogP contribution < -0.4 is 4.74 Å². The Labute approximate surface area is 303 Å². The molecule has 0 spiro atoms. The molecule has 2 N–H and O–H groups in total. The molecule has 6 rings (SSSR count). The second-order valence-corrected chi connectivity index (χ2v) is 12.9. The van der Waals surface area contributed by atoms with Gasteiger partial charge in [0.05, 0.1) is 35.1 Å². The van der Waals surface area contributed by atoms with E-state index in [9.17, 15) is 19.8 Å². The SMILES string of the molecule is CCOC(=O)c1nc(C2=C(c3cc(Cl)ccc3OC)CCC2)ccc1Cl.O=C(O)c1nc(C2=C(c3cc(Cl)ccc3O)CCC2)ccc1Cl. The first-order chi connectivity index (χ1) is 23.5. The van der Waals surface area contributed by atoms with Gasteiger partial charge in [0.25, 0.3) is 0 Å². The molecule has 4 aromatic rings. The number of ether oxygens (including phenoxy) is 2. The highest BCUT2D eigenvalue weighted by Crippen LogP contribution is 2.44. The van der Waals surface area contributed by atoms with E-state index in [0.29, 0.717) is 21.3 Å². The molecule has 0 aliphatic heterocycles. The number of allylic oxidation sites excluding steroid dienone is 4. The number of phenolic OH excluding ortho intramolecular Hbond substituents is 1. The molecule has 0 saturated carbocycles. The first kappa shape index (κ1) is 36.2. The van der Waals surface area contributed by atoms with Gasteiger partial charge in [0.1, 0.15) is 11.5 Å². The number of carbonyl (C=O) groups is 2. The molecule has 49 heavy (non-hydrogen) atoms. The number of esters is 1. The molecule has 12 heteroatoms. The lowest BCUT2D eigenvalue weighted by molar-refractivity contribution is 0.0519. The standard InChI is InChI=1S/C20H19Cl2NO3.C17H13Cl2NO3/c1-3-26-20(24)19-16(22)8-9-17(23-19)14-6-4-5-13(14)15-11-12(21)7-10-18(15)25-2;18-9-4-7-15(21)12(8-9)10-2-1-3-11(10)14-6-5-13(19)16(20-14)17(22)23/h7-11H,3-6H2,1-2H3;4-8,21H,1-3H2,(H,22,23). The van der Waals surface area contributed by atoms with Crippen molar-refractivity contribution in [2.45, 2.75) is 45.4 Å². The third-order valence-corrected chi connectivity index (χ3v) is 9.27. The van der Waals surface area contributed by atoms with Gasteiger partial charge in [-0.15, -0.1) is 0 Å². The predicted molar refractivity (Wildman–Crippen MR) is 194 cm³/mol. The summed E-state index contributed by atoms with van der Waals surface area (Å²) in [5, 5.41) is 20.9. The number of pyridine rings is 2. The van der Waals surface area contributed by atoms with Crippen molar-refractivity contribution in [2.75, 3.05) is 13.7 Å². The Balaban J connectivity index is 0.000000192. The fraction of sp³-hybridized carbons (Fsp3) is 0.243. The van der Waals surface area contributed by atoms with Gasteiger partial charge in [-0.05, 0) is 128 Å². The summed E-state index contributed by atoms with van der Waals surface area (Å²) in [5.41, 5.74) is 6.96. The molecule has 0 amide bonds. The smallest absolute Gasteiger partial charge is 0.358 e. The van der Waals surface area contributed by atoms with Gasteiger partial charge in [0, 0.05) is 21.2 Å². The summed E-state index contributed by atoms with van der Waals surface area (Å²) in [7, 11) is 1.64. The number of rotatable bonds is 8. The van der Waals surface area contributed by atoms with Crippen molar-refractivity contribution in [3.63, 3.8) is 0 Å². The Kier molecular flexibility index (Phi) is 11.9. The molecular weight excluding hydrogens is 710 g/mol. The third-order valence-electron chi connectivity index (χ3n) is 8.19. The summed E-state index contributed by atoms with van der Waals surface area (Å²) in [4.78, 5) is 32.0. The minimum atomic E-state index is -1.16. The number of methoxy groups -OCH3 is 1. The average molecular weight is 742 g/mol. The van der Waals surface area contributed by atoms with E-state index in [1.54, 1.807) is 50.4 Å². The molecule has 0 radical (unpaired) electrons. The zero-order valence-electron chi connectivity index (χ0n) is 26.7. The lowest BCUT2D eigenvalue weighted by Gasteiger charge is -2.13. The molecule has 0 saturated heterocycles. The van der Waals surface area contributed by atoms with Crippen molar-refractivity contribution in [3.05, 3.63) is 115 Å². The van der Waals surface area contributed by atoms with E-state index in [-0.39, 0.29) is 33.8 Å². The number of benzene rings is 2. The van der Waals surface area contributed by atoms with Gasteiger partial charge in [-0.1, -0.05) is 46.4 Å². The van der Waals surface area contributed by atoms with Gasteiger partial charge in [-0.25, -0.2) is 19.6 Å². The van der Waals surface area contributed by atoms with Crippen molar-refractivity contribution in [3.8, 4) is 11.5 Å². The second-order valence-electron chi connectivity index (χ2n) is 11.2. The summed E-state index contributed by atoms with van der Waals surface area (Å²) in [6.07, 6.45) is 5.20. The number of carboxylic acid groups (broad SMARTS) is 1. The van der Waals surface area contributed by atoms with E-state index < -0.39 is 11.9 Å². The van der Waals surface area contributed by atoms with E-state index in [1.165, 1.54) is 6.07 Å². The van der Waals surface area contributed by atoms with Crippen molar-refractivity contribution in [2.24, 2.45) is 0 Å². The number of hydrogen-bond donors (Lipinski definition) is 2. The molecule has 2 aliphatic rings. The summed E-state index contributed by atoms with van der Waals surface area (Å²) in [6, 6.07) is 17.2. The van der Waals surface area contributed by atoms with Crippen LogP contribution in [0, 0.1) is 0 Å². The Bertz CT molecular complexity index is 1990. The van der Waals surface area contributed by atoms with Gasteiger partial charge in [0.15, 0.2) is 11.4 Å². The number of halogens is 4. The molecule has 0 atom stereocenters. The van der Waals surface area contributed by atoms with Crippen LogP contribution in [-0.2, 0) is 4.74 Å². The summed E-state index contributed by atoms with van der Waals surface area (Å²) >= 11 is 24.2. The molecule has 254 valence electrons. The monoisotopic (exact) mass is 740 g/mol. The van der Waals surface area contributed by atoms with E-state index in [2.05, 4.69) is 9.97 Å². The maximum Gasteiger partial charge on any atom is 0.358 e. The van der Waals surface area contributed by atoms with Crippen LogP contribution in [0.5, 0.6) is 11.5 Å². The Morgan fingerprint density at radius 1 is 0.714 bits per heavy atom. The lowest BCUT2D eigenvalue weighted by Crippen LogP contribution is -2.09. The molecule has 2 heterocycles. The minimum Gasteiger partial charge on any atom is -0.507 e. The van der Waals surface area contributed by atoms with E-state index in [1.807, 2.05) is 18.2 Å². The molecular formula is C37H32Cl4N2O6. The number of aromatic carboxylic acids is 1. The van der Waals surface area contributed by atoms with Gasteiger partial charge in [0.2, 0.25) is 0 Å². The topological polar surface area (TPSA) is 119 Å². The fourth-order valence-electron chi connectivity index (χ4n) is 6.03. The van der Waals surface area contributed by atoms with E-state index in [0.717, 1.165) is 77.8 Å². The molecule has 2 aliphatic carbocycles. The largest absolute Gasteiger partial charge is 0.507 e. The van der Waals surface area contributed by atoms with Crippen LogP contribution in [0.25, 0.3) is 22.3 Å². The lowest BCUT2D eigenvalue weighted by atomic mass is 9.99. The first-order valence-corrected chi connectivity index (χ1v) is 17.0. The maximum atomic E-state index is 12.1. The molecule has 2 aromatic carbocycles. The number of carbonyl (C=O) groups excluding carboxylic acids is 1. The third kappa shape index (κ3) is 8.22. The number of aromatic hydroxyl groups is 1. The Hall–Kier alpha value is -4.08. The maximum absolute atomic E-state index is 12.1. The molecule has 8 nitrogen and oxygen atoms in total. The quantitative estimate of drug-likeness (QED) is 0.171. The predicted octanol–water partition coefficient (Wildman–Crippen LogP) is 10.6. The van der Waals surface area contributed by atoms with Crippen LogP contribution in [0.2, 0.25) is 20.1 Å². The molecule has 0 bridgehead atoms. The van der Waals surface area contributed by atoms with Gasteiger partial charge >= 0.3 is 11.9 Å². The van der Waals surface area contributed by atoms with Crippen LogP contribution in [0.1, 0.15) is 88.9 Å². The van der Waals surface area contributed by atoms with Crippen molar-refractivity contribution in [1.29, 1.82) is 0 Å². The average Bonchev–Trinajstić information content (AvgIpc) is 3.77. The highest BCUT2D eigenvalue weighted by Gasteiger charge is 2.25. The van der Waals surface area contributed by atoms with Gasteiger partial charge in [-0.2, -0.15) is 0 Å². The first-order valence-electron chi connectivity index (χ1n) is 15.5. The fourth-order valence-corrected chi connectivity index (χ4v) is 6.74. The number of hydrogen-bond acceptors (Lipinski definition) is 7. The van der Waals surface area contributed by atoms with Crippen LogP contribution in [0.3, 0.4) is 0 Å². The minimum absolute atomic E-state index is 0.104. The molecule has 0 fully saturated rings. The van der Waals surface area contributed by atoms with Crippen molar-refractivity contribution < 1.29 is 29.3 Å². The Morgan fingerprint density at radius 2 is 1.22 bits per heavy atom. The number of phenols is 1. The summed E-state index contributed by atoms with van der Waals surface area (Å²) in [6.45, 7) is 2.02. The van der Waals surface area contributed by atoms with Gasteiger partial charge in [-0.3, -0.25) is 0 Å².